The van der Waals surface area contributed by atoms with Gasteiger partial charge in [-0.2, -0.15) is 0 Å². The van der Waals surface area contributed by atoms with E-state index in [0.29, 0.717) is 0 Å². The average molecular weight is 265 g/mol. The van der Waals surface area contributed by atoms with Gasteiger partial charge in [0.15, 0.2) is 0 Å². The lowest BCUT2D eigenvalue weighted by Crippen LogP contribution is -2.34. The number of benzene rings is 1. The van der Waals surface area contributed by atoms with E-state index in [-0.39, 0.29) is 6.61 Å². The Kier molecular flexibility index (Phi) is 7.00. The van der Waals surface area contributed by atoms with Crippen molar-refractivity contribution in [2.24, 2.45) is 0 Å². The molecule has 106 valence electrons. The van der Waals surface area contributed by atoms with E-state index >= 15 is 0 Å². The van der Waals surface area contributed by atoms with Crippen LogP contribution in [0.1, 0.15) is 12.0 Å². The quantitative estimate of drug-likeness (QED) is 0.655. The Morgan fingerprint density at radius 3 is 2.89 bits per heavy atom. The van der Waals surface area contributed by atoms with Gasteiger partial charge in [0.2, 0.25) is 0 Å². The van der Waals surface area contributed by atoms with Crippen LogP contribution >= 0.6 is 0 Å². The van der Waals surface area contributed by atoms with Crippen LogP contribution < -0.4 is 9.64 Å². The van der Waals surface area contributed by atoms with E-state index < -0.39 is 0 Å². The number of hydrogen-bond donors (Lipinski definition) is 1. The summed E-state index contributed by atoms with van der Waals surface area (Å²) in [5.74, 6) is 0.908. The van der Waals surface area contributed by atoms with E-state index in [9.17, 15) is 0 Å². The highest BCUT2D eigenvalue weighted by atomic mass is 16.5. The molecule has 0 spiro atoms. The largest absolute Gasteiger partial charge is 0.490 e. The van der Waals surface area contributed by atoms with Crippen LogP contribution in [0.25, 0.3) is 0 Å². The van der Waals surface area contributed by atoms with Crippen molar-refractivity contribution in [2.75, 3.05) is 38.3 Å². The monoisotopic (exact) mass is 265 g/mol. The number of nitrogens with zero attached hydrogens (tertiary/aromatic N) is 1. The number of methoxy groups -OCH3 is 1. The first-order valence-corrected chi connectivity index (χ1v) is 6.45. The van der Waals surface area contributed by atoms with Crippen LogP contribution in [0.5, 0.6) is 5.75 Å². The molecule has 19 heavy (non-hydrogen) atoms. The molecule has 1 N–H and O–H groups in total. The number of fused-ring (bicyclic) bond motifs is 1. The second-order valence-electron chi connectivity index (χ2n) is 4.14. The highest BCUT2D eigenvalue weighted by Crippen LogP contribution is 2.32. The number of anilines is 1. The Morgan fingerprint density at radius 1 is 1.42 bits per heavy atom. The normalized spacial score (nSPS) is 13.1. The van der Waals surface area contributed by atoms with E-state index in [1.807, 2.05) is 18.2 Å². The smallest absolute Gasteiger partial charge is 0.142 e. The SMILES string of the molecule is C=C.COCCCN1CCOc2ccc(CO)cc21. The number of aliphatic hydroxyl groups is 1. The lowest BCUT2D eigenvalue weighted by atomic mass is 10.1. The fourth-order valence-electron chi connectivity index (χ4n) is 2.05. The van der Waals surface area contributed by atoms with Crippen LogP contribution in [0.4, 0.5) is 5.69 Å². The van der Waals surface area contributed by atoms with Gasteiger partial charge < -0.3 is 19.5 Å². The number of ether oxygens (including phenoxy) is 2. The fourth-order valence-corrected chi connectivity index (χ4v) is 2.05. The predicted octanol–water partition coefficient (Wildman–Crippen LogP) is 2.22. The molecule has 0 saturated carbocycles. The first kappa shape index (κ1) is 15.5. The minimum absolute atomic E-state index is 0.0686. The van der Waals surface area contributed by atoms with Gasteiger partial charge in [-0.3, -0.25) is 0 Å². The number of aliphatic hydroxyl groups excluding tert-OH is 1. The number of rotatable bonds is 5. The Bertz CT molecular complexity index is 382. The van der Waals surface area contributed by atoms with E-state index in [4.69, 9.17) is 14.6 Å². The van der Waals surface area contributed by atoms with Gasteiger partial charge in [-0.15, -0.1) is 13.2 Å². The molecule has 0 aliphatic carbocycles. The summed E-state index contributed by atoms with van der Waals surface area (Å²) >= 11 is 0. The Morgan fingerprint density at radius 2 is 2.21 bits per heavy atom. The first-order chi connectivity index (χ1) is 9.35. The Hall–Kier alpha value is -1.52. The third-order valence-electron chi connectivity index (χ3n) is 2.94. The highest BCUT2D eigenvalue weighted by molar-refractivity contribution is 5.61. The summed E-state index contributed by atoms with van der Waals surface area (Å²) in [5.41, 5.74) is 2.00. The van der Waals surface area contributed by atoms with Gasteiger partial charge in [-0.05, 0) is 24.1 Å². The second-order valence-corrected chi connectivity index (χ2v) is 4.14. The highest BCUT2D eigenvalue weighted by Gasteiger charge is 2.17. The molecule has 0 radical (unpaired) electrons. The van der Waals surface area contributed by atoms with Gasteiger partial charge in [0.05, 0.1) is 18.8 Å². The molecule has 0 atom stereocenters. The van der Waals surface area contributed by atoms with Crippen molar-refractivity contribution in [1.29, 1.82) is 0 Å². The van der Waals surface area contributed by atoms with Crippen molar-refractivity contribution in [2.45, 2.75) is 13.0 Å². The lowest BCUT2D eigenvalue weighted by Gasteiger charge is -2.31. The lowest BCUT2D eigenvalue weighted by molar-refractivity contribution is 0.195. The van der Waals surface area contributed by atoms with Crippen LogP contribution in [0.2, 0.25) is 0 Å². The molecule has 1 aliphatic heterocycles. The standard InChI is InChI=1S/C13H19NO3.C2H4/c1-16-7-2-5-14-6-8-17-13-4-3-11(10-15)9-12(13)14;1-2/h3-4,9,15H,2,5-8,10H2,1H3;1-2H2. The van der Waals surface area contributed by atoms with Crippen LogP contribution in [0, 0.1) is 0 Å². The van der Waals surface area contributed by atoms with Crippen molar-refractivity contribution in [3.8, 4) is 5.75 Å². The molecule has 0 unspecified atom stereocenters. The predicted molar refractivity (Wildman–Crippen MR) is 77.8 cm³/mol. The van der Waals surface area contributed by atoms with E-state index in [1.165, 1.54) is 0 Å². The fraction of sp³-hybridized carbons (Fsp3) is 0.467. The molecule has 1 heterocycles. The first-order valence-electron chi connectivity index (χ1n) is 6.45. The molecule has 0 amide bonds. The maximum atomic E-state index is 9.16. The van der Waals surface area contributed by atoms with E-state index in [2.05, 4.69) is 18.1 Å². The minimum Gasteiger partial charge on any atom is -0.490 e. The zero-order chi connectivity index (χ0) is 14.1. The molecule has 0 bridgehead atoms. The molecule has 4 heteroatoms. The molecule has 2 rings (SSSR count). The van der Waals surface area contributed by atoms with Crippen LogP contribution in [-0.4, -0.2) is 38.5 Å². The summed E-state index contributed by atoms with van der Waals surface area (Å²) in [6, 6.07) is 5.84. The van der Waals surface area contributed by atoms with Gasteiger partial charge in [0, 0.05) is 20.3 Å². The summed E-state index contributed by atoms with van der Waals surface area (Å²) in [4.78, 5) is 2.29. The summed E-state index contributed by atoms with van der Waals surface area (Å²) in [6.45, 7) is 9.41. The molecule has 1 aromatic rings. The van der Waals surface area contributed by atoms with Crippen molar-refractivity contribution in [3.05, 3.63) is 36.9 Å². The van der Waals surface area contributed by atoms with Crippen molar-refractivity contribution >= 4 is 5.69 Å². The zero-order valence-electron chi connectivity index (χ0n) is 11.6. The van der Waals surface area contributed by atoms with Gasteiger partial charge in [0.25, 0.3) is 0 Å². The van der Waals surface area contributed by atoms with Crippen LogP contribution in [0.15, 0.2) is 31.4 Å². The summed E-state index contributed by atoms with van der Waals surface area (Å²) in [5, 5.41) is 9.16. The maximum absolute atomic E-state index is 9.16. The van der Waals surface area contributed by atoms with Crippen molar-refractivity contribution in [3.63, 3.8) is 0 Å². The third-order valence-corrected chi connectivity index (χ3v) is 2.94. The third kappa shape index (κ3) is 4.26. The van der Waals surface area contributed by atoms with Crippen molar-refractivity contribution in [1.82, 2.24) is 0 Å². The summed E-state index contributed by atoms with van der Waals surface area (Å²) in [7, 11) is 1.72. The summed E-state index contributed by atoms with van der Waals surface area (Å²) < 4.78 is 10.7. The number of hydrogen-bond acceptors (Lipinski definition) is 4. The minimum atomic E-state index is 0.0686. The average Bonchev–Trinajstić information content (AvgIpc) is 2.49. The zero-order valence-corrected chi connectivity index (χ0v) is 11.6. The summed E-state index contributed by atoms with van der Waals surface area (Å²) in [6.07, 6.45) is 0.999. The van der Waals surface area contributed by atoms with Gasteiger partial charge in [-0.1, -0.05) is 6.07 Å². The van der Waals surface area contributed by atoms with Gasteiger partial charge in [0.1, 0.15) is 12.4 Å². The maximum Gasteiger partial charge on any atom is 0.142 e. The molecule has 0 saturated heterocycles. The Balaban J connectivity index is 0.000000861. The van der Waals surface area contributed by atoms with E-state index in [0.717, 1.165) is 49.7 Å². The second kappa shape index (κ2) is 8.56. The van der Waals surface area contributed by atoms with Gasteiger partial charge >= 0.3 is 0 Å². The van der Waals surface area contributed by atoms with E-state index in [1.54, 1.807) is 7.11 Å². The Labute approximate surface area is 115 Å². The molecule has 1 aliphatic rings. The van der Waals surface area contributed by atoms with Crippen LogP contribution in [-0.2, 0) is 11.3 Å². The van der Waals surface area contributed by atoms with Crippen molar-refractivity contribution < 1.29 is 14.6 Å². The molecular weight excluding hydrogens is 242 g/mol. The molecular formula is C15H23NO3. The molecule has 4 nitrogen and oxygen atoms in total. The molecule has 0 fully saturated rings. The van der Waals surface area contributed by atoms with Gasteiger partial charge in [-0.25, -0.2) is 0 Å². The van der Waals surface area contributed by atoms with Crippen LogP contribution in [0.3, 0.4) is 0 Å². The topological polar surface area (TPSA) is 41.9 Å². The molecule has 1 aromatic carbocycles. The molecule has 0 aromatic heterocycles.